The molecule has 1 aliphatic rings. The maximum atomic E-state index is 12.7. The van der Waals surface area contributed by atoms with Crippen LogP contribution >= 0.6 is 0 Å². The highest BCUT2D eigenvalue weighted by molar-refractivity contribution is 5.94. The van der Waals surface area contributed by atoms with Crippen LogP contribution in [0.5, 0.6) is 0 Å². The molecule has 3 heterocycles. The van der Waals surface area contributed by atoms with Crippen LogP contribution < -0.4 is 5.32 Å². The first-order chi connectivity index (χ1) is 12.7. The molecule has 0 radical (unpaired) electrons. The van der Waals surface area contributed by atoms with Crippen LogP contribution in [0.3, 0.4) is 0 Å². The maximum Gasteiger partial charge on any atom is 0.254 e. The molecule has 4 rings (SSSR count). The summed E-state index contributed by atoms with van der Waals surface area (Å²) in [7, 11) is 0. The normalized spacial score (nSPS) is 14.7. The third-order valence-electron chi connectivity index (χ3n) is 4.56. The Balaban J connectivity index is 1.53. The fourth-order valence-electron chi connectivity index (χ4n) is 2.98. The first kappa shape index (κ1) is 16.3. The molecule has 1 fully saturated rings. The molecular weight excluding hydrogens is 326 g/mol. The van der Waals surface area contributed by atoms with Crippen molar-refractivity contribution in [3.8, 4) is 11.4 Å². The molecule has 0 unspecified atom stereocenters. The van der Waals surface area contributed by atoms with Gasteiger partial charge in [0.15, 0.2) is 5.82 Å². The number of rotatable bonds is 5. The SMILES string of the molecule is Cc1cccnc1[C@H](NC(=O)c1cnc(-c2cccnc2)nc1)C1CC1. The van der Waals surface area contributed by atoms with Crippen LogP contribution in [0.4, 0.5) is 0 Å². The van der Waals surface area contributed by atoms with E-state index in [-0.39, 0.29) is 11.9 Å². The van der Waals surface area contributed by atoms with E-state index in [9.17, 15) is 4.79 Å². The molecule has 26 heavy (non-hydrogen) atoms. The van der Waals surface area contributed by atoms with Crippen LogP contribution in [-0.2, 0) is 0 Å². The summed E-state index contributed by atoms with van der Waals surface area (Å²) in [6.07, 6.45) is 10.5. The van der Waals surface area contributed by atoms with E-state index in [0.717, 1.165) is 29.7 Å². The largest absolute Gasteiger partial charge is 0.343 e. The third-order valence-corrected chi connectivity index (χ3v) is 4.56. The molecule has 1 aliphatic carbocycles. The Bertz CT molecular complexity index is 907. The lowest BCUT2D eigenvalue weighted by Crippen LogP contribution is -2.31. The van der Waals surface area contributed by atoms with Gasteiger partial charge >= 0.3 is 0 Å². The highest BCUT2D eigenvalue weighted by atomic mass is 16.1. The van der Waals surface area contributed by atoms with Crippen molar-refractivity contribution < 1.29 is 4.79 Å². The number of amides is 1. The van der Waals surface area contributed by atoms with Crippen LogP contribution in [0, 0.1) is 12.8 Å². The highest BCUT2D eigenvalue weighted by Gasteiger charge is 2.35. The lowest BCUT2D eigenvalue weighted by Gasteiger charge is -2.19. The van der Waals surface area contributed by atoms with Gasteiger partial charge in [-0.2, -0.15) is 0 Å². The number of hydrogen-bond acceptors (Lipinski definition) is 5. The summed E-state index contributed by atoms with van der Waals surface area (Å²) in [5.74, 6) is 0.821. The molecule has 3 aromatic heterocycles. The monoisotopic (exact) mass is 345 g/mol. The quantitative estimate of drug-likeness (QED) is 0.768. The van der Waals surface area contributed by atoms with Crippen molar-refractivity contribution in [2.75, 3.05) is 0 Å². The molecule has 3 aromatic rings. The summed E-state index contributed by atoms with van der Waals surface area (Å²) in [6, 6.07) is 7.58. The molecule has 0 saturated heterocycles. The Morgan fingerprint density at radius 2 is 1.85 bits per heavy atom. The minimum Gasteiger partial charge on any atom is -0.343 e. The second kappa shape index (κ2) is 7.00. The Hall–Kier alpha value is -3.15. The fraction of sp³-hybridized carbons (Fsp3) is 0.250. The number of pyridine rings is 2. The molecule has 6 heteroatoms. The van der Waals surface area contributed by atoms with Gasteiger partial charge in [-0.3, -0.25) is 14.8 Å². The van der Waals surface area contributed by atoms with E-state index in [1.54, 1.807) is 31.0 Å². The van der Waals surface area contributed by atoms with Crippen LogP contribution in [0.1, 0.15) is 40.5 Å². The zero-order valence-electron chi connectivity index (χ0n) is 14.5. The van der Waals surface area contributed by atoms with Gasteiger partial charge in [-0.25, -0.2) is 9.97 Å². The van der Waals surface area contributed by atoms with E-state index >= 15 is 0 Å². The summed E-state index contributed by atoms with van der Waals surface area (Å²) in [5, 5.41) is 3.12. The van der Waals surface area contributed by atoms with Crippen molar-refractivity contribution in [3.63, 3.8) is 0 Å². The number of carbonyl (C=O) groups is 1. The molecule has 1 N–H and O–H groups in total. The molecular formula is C20H19N5O. The summed E-state index contributed by atoms with van der Waals surface area (Å²) < 4.78 is 0. The summed E-state index contributed by atoms with van der Waals surface area (Å²) >= 11 is 0. The lowest BCUT2D eigenvalue weighted by molar-refractivity contribution is 0.0930. The van der Waals surface area contributed by atoms with E-state index in [1.165, 1.54) is 0 Å². The van der Waals surface area contributed by atoms with Gasteiger partial charge in [0, 0.05) is 36.5 Å². The number of nitrogens with zero attached hydrogens (tertiary/aromatic N) is 4. The molecule has 130 valence electrons. The van der Waals surface area contributed by atoms with Crippen molar-refractivity contribution in [2.24, 2.45) is 5.92 Å². The average Bonchev–Trinajstić information content (AvgIpc) is 3.53. The van der Waals surface area contributed by atoms with Crippen molar-refractivity contribution in [1.29, 1.82) is 0 Å². The van der Waals surface area contributed by atoms with Crippen molar-refractivity contribution in [3.05, 3.63) is 72.1 Å². The molecule has 0 spiro atoms. The van der Waals surface area contributed by atoms with Crippen molar-refractivity contribution in [2.45, 2.75) is 25.8 Å². The van der Waals surface area contributed by atoms with Gasteiger partial charge in [0.05, 0.1) is 17.3 Å². The third kappa shape index (κ3) is 3.44. The van der Waals surface area contributed by atoms with E-state index in [4.69, 9.17) is 0 Å². The first-order valence-corrected chi connectivity index (χ1v) is 8.67. The van der Waals surface area contributed by atoms with E-state index < -0.39 is 0 Å². The maximum absolute atomic E-state index is 12.7. The predicted molar refractivity (Wildman–Crippen MR) is 97.2 cm³/mol. The summed E-state index contributed by atoms with van der Waals surface area (Å²) in [6.45, 7) is 2.02. The predicted octanol–water partition coefficient (Wildman–Crippen LogP) is 3.12. The molecule has 0 aromatic carbocycles. The van der Waals surface area contributed by atoms with Gasteiger partial charge < -0.3 is 5.32 Å². The van der Waals surface area contributed by atoms with Crippen LogP contribution in [-0.4, -0.2) is 25.8 Å². The average molecular weight is 345 g/mol. The van der Waals surface area contributed by atoms with Crippen molar-refractivity contribution >= 4 is 5.91 Å². The van der Waals surface area contributed by atoms with Crippen LogP contribution in [0.2, 0.25) is 0 Å². The number of nitrogens with one attached hydrogen (secondary N) is 1. The second-order valence-corrected chi connectivity index (χ2v) is 6.53. The lowest BCUT2D eigenvalue weighted by atomic mass is 10.0. The number of aryl methyl sites for hydroxylation is 1. The molecule has 1 atom stereocenters. The van der Waals surface area contributed by atoms with Gasteiger partial charge in [0.25, 0.3) is 5.91 Å². The summed E-state index contributed by atoms with van der Waals surface area (Å²) in [4.78, 5) is 29.8. The Morgan fingerprint density at radius 3 is 2.50 bits per heavy atom. The van der Waals surface area contributed by atoms with Gasteiger partial charge in [0.2, 0.25) is 0 Å². The van der Waals surface area contributed by atoms with E-state index in [0.29, 0.717) is 17.3 Å². The van der Waals surface area contributed by atoms with Crippen molar-refractivity contribution in [1.82, 2.24) is 25.3 Å². The standard InChI is InChI=1S/C20H19N5O/c1-13-4-2-9-22-17(13)18(14-6-7-14)25-20(26)16-11-23-19(24-12-16)15-5-3-8-21-10-15/h2-5,8-12,14,18H,6-7H2,1H3,(H,25,26)/t18-/m1/s1. The fourth-order valence-corrected chi connectivity index (χ4v) is 2.98. The Morgan fingerprint density at radius 1 is 1.08 bits per heavy atom. The molecule has 1 saturated carbocycles. The van der Waals surface area contributed by atoms with E-state index in [1.807, 2.05) is 31.2 Å². The van der Waals surface area contributed by atoms with Crippen LogP contribution in [0.15, 0.2) is 55.2 Å². The highest BCUT2D eigenvalue weighted by Crippen LogP contribution is 2.41. The molecule has 6 nitrogen and oxygen atoms in total. The zero-order valence-corrected chi connectivity index (χ0v) is 14.5. The van der Waals surface area contributed by atoms with Gasteiger partial charge in [-0.15, -0.1) is 0 Å². The molecule has 1 amide bonds. The second-order valence-electron chi connectivity index (χ2n) is 6.53. The minimum atomic E-state index is -0.176. The Labute approximate surface area is 151 Å². The summed E-state index contributed by atoms with van der Waals surface area (Å²) in [5.41, 5.74) is 3.29. The smallest absolute Gasteiger partial charge is 0.254 e. The molecule has 0 bridgehead atoms. The first-order valence-electron chi connectivity index (χ1n) is 8.67. The number of hydrogen-bond donors (Lipinski definition) is 1. The number of carbonyl (C=O) groups excluding carboxylic acids is 1. The van der Waals surface area contributed by atoms with Gasteiger partial charge in [-0.1, -0.05) is 6.07 Å². The molecule has 0 aliphatic heterocycles. The van der Waals surface area contributed by atoms with Gasteiger partial charge in [0.1, 0.15) is 0 Å². The van der Waals surface area contributed by atoms with Crippen LogP contribution in [0.25, 0.3) is 11.4 Å². The van der Waals surface area contributed by atoms with Gasteiger partial charge in [-0.05, 0) is 49.4 Å². The van der Waals surface area contributed by atoms with E-state index in [2.05, 4.69) is 25.3 Å². The topological polar surface area (TPSA) is 80.7 Å². The number of aromatic nitrogens is 4. The zero-order chi connectivity index (χ0) is 17.9. The Kier molecular flexibility index (Phi) is 4.39. The minimum absolute atomic E-state index is 0.0679.